The van der Waals surface area contributed by atoms with Crippen LogP contribution in [-0.4, -0.2) is 18.6 Å². The molecule has 0 fully saturated rings. The highest BCUT2D eigenvalue weighted by Crippen LogP contribution is 2.30. The number of hydrogen-bond acceptors (Lipinski definition) is 5. The molecule has 0 unspecified atom stereocenters. The Kier molecular flexibility index (Phi) is 4.91. The summed E-state index contributed by atoms with van der Waals surface area (Å²) in [5.41, 5.74) is 0.569. The third-order valence-corrected chi connectivity index (χ3v) is 5.83. The van der Waals surface area contributed by atoms with E-state index in [-0.39, 0.29) is 11.6 Å². The standard InChI is InChI=1S/C13H14Cl2N2O3S/c1-3-12-16-17-13(20-12)7-21(18,19)8(2)9-4-5-10(14)11(15)6-9/h4-6,8H,3,7H2,1-2H3/t8-/m0/s1. The van der Waals surface area contributed by atoms with Gasteiger partial charge in [-0.15, -0.1) is 10.2 Å². The zero-order valence-corrected chi connectivity index (χ0v) is 13.8. The summed E-state index contributed by atoms with van der Waals surface area (Å²) in [6.07, 6.45) is 0.565. The van der Waals surface area contributed by atoms with Gasteiger partial charge in [0.1, 0.15) is 5.75 Å². The van der Waals surface area contributed by atoms with Gasteiger partial charge in [0.2, 0.25) is 11.8 Å². The van der Waals surface area contributed by atoms with Crippen LogP contribution in [0.2, 0.25) is 10.0 Å². The van der Waals surface area contributed by atoms with Crippen LogP contribution in [0, 0.1) is 0 Å². The summed E-state index contributed by atoms with van der Waals surface area (Å²) in [6.45, 7) is 3.44. The van der Waals surface area contributed by atoms with E-state index in [1.54, 1.807) is 25.1 Å². The molecule has 0 aliphatic heterocycles. The monoisotopic (exact) mass is 348 g/mol. The first-order chi connectivity index (χ1) is 9.83. The van der Waals surface area contributed by atoms with Crippen LogP contribution in [0.3, 0.4) is 0 Å². The van der Waals surface area contributed by atoms with Crippen molar-refractivity contribution in [2.24, 2.45) is 0 Å². The Morgan fingerprint density at radius 2 is 1.86 bits per heavy atom. The fourth-order valence-electron chi connectivity index (χ4n) is 1.76. The van der Waals surface area contributed by atoms with Crippen molar-refractivity contribution < 1.29 is 12.8 Å². The van der Waals surface area contributed by atoms with Crippen molar-refractivity contribution >= 4 is 33.0 Å². The maximum atomic E-state index is 12.4. The first-order valence-corrected chi connectivity index (χ1v) is 8.78. The van der Waals surface area contributed by atoms with Crippen LogP contribution in [0.1, 0.15) is 36.4 Å². The van der Waals surface area contributed by atoms with Crippen LogP contribution in [0.25, 0.3) is 0 Å². The minimum atomic E-state index is -3.49. The molecule has 0 radical (unpaired) electrons. The molecule has 0 saturated carbocycles. The van der Waals surface area contributed by atoms with Crippen LogP contribution < -0.4 is 0 Å². The van der Waals surface area contributed by atoms with E-state index in [0.29, 0.717) is 27.9 Å². The van der Waals surface area contributed by atoms with Crippen molar-refractivity contribution in [1.29, 1.82) is 0 Å². The minimum absolute atomic E-state index is 0.0961. The molecule has 0 saturated heterocycles. The maximum absolute atomic E-state index is 12.4. The molecule has 0 aliphatic carbocycles. The van der Waals surface area contributed by atoms with Gasteiger partial charge in [-0.05, 0) is 24.6 Å². The van der Waals surface area contributed by atoms with E-state index in [9.17, 15) is 8.42 Å². The fourth-order valence-corrected chi connectivity index (χ4v) is 3.34. The molecule has 5 nitrogen and oxygen atoms in total. The van der Waals surface area contributed by atoms with Gasteiger partial charge in [-0.2, -0.15) is 0 Å². The van der Waals surface area contributed by atoms with Gasteiger partial charge in [-0.3, -0.25) is 0 Å². The minimum Gasteiger partial charge on any atom is -0.424 e. The molecule has 0 amide bonds. The van der Waals surface area contributed by atoms with Gasteiger partial charge in [0.05, 0.1) is 15.3 Å². The zero-order valence-electron chi connectivity index (χ0n) is 11.5. The number of hydrogen-bond donors (Lipinski definition) is 0. The van der Waals surface area contributed by atoms with E-state index >= 15 is 0 Å². The average molecular weight is 349 g/mol. The number of aryl methyl sites for hydroxylation is 1. The van der Waals surface area contributed by atoms with Crippen molar-refractivity contribution in [3.8, 4) is 0 Å². The van der Waals surface area contributed by atoms with Crippen molar-refractivity contribution in [2.75, 3.05) is 0 Å². The molecule has 0 N–H and O–H groups in total. The van der Waals surface area contributed by atoms with Gasteiger partial charge in [-0.1, -0.05) is 36.2 Å². The highest BCUT2D eigenvalue weighted by atomic mass is 35.5. The second kappa shape index (κ2) is 6.34. The molecule has 21 heavy (non-hydrogen) atoms. The van der Waals surface area contributed by atoms with E-state index in [4.69, 9.17) is 27.6 Å². The average Bonchev–Trinajstić information content (AvgIpc) is 2.88. The van der Waals surface area contributed by atoms with Crippen molar-refractivity contribution in [3.63, 3.8) is 0 Å². The molecule has 1 aromatic carbocycles. The predicted octanol–water partition coefficient (Wildman–Crippen LogP) is 3.61. The lowest BCUT2D eigenvalue weighted by Crippen LogP contribution is -2.13. The topological polar surface area (TPSA) is 73.1 Å². The third-order valence-electron chi connectivity index (χ3n) is 3.09. The van der Waals surface area contributed by atoms with Crippen molar-refractivity contribution in [2.45, 2.75) is 31.3 Å². The highest BCUT2D eigenvalue weighted by Gasteiger charge is 2.26. The van der Waals surface area contributed by atoms with E-state index in [2.05, 4.69) is 10.2 Å². The molecular formula is C13H14Cl2N2O3S. The van der Waals surface area contributed by atoms with Crippen molar-refractivity contribution in [3.05, 3.63) is 45.6 Å². The number of halogens is 2. The van der Waals surface area contributed by atoms with E-state index in [1.165, 1.54) is 0 Å². The predicted molar refractivity (Wildman–Crippen MR) is 81.2 cm³/mol. The summed E-state index contributed by atoms with van der Waals surface area (Å²) in [4.78, 5) is 0. The number of rotatable bonds is 5. The fraction of sp³-hybridized carbons (Fsp3) is 0.385. The van der Waals surface area contributed by atoms with E-state index < -0.39 is 15.1 Å². The van der Waals surface area contributed by atoms with Gasteiger partial charge in [0.15, 0.2) is 9.84 Å². The Morgan fingerprint density at radius 3 is 2.43 bits per heavy atom. The second-order valence-electron chi connectivity index (χ2n) is 4.57. The number of benzene rings is 1. The smallest absolute Gasteiger partial charge is 0.231 e. The summed E-state index contributed by atoms with van der Waals surface area (Å²) in [5, 5.41) is 7.45. The third kappa shape index (κ3) is 3.75. The Labute approximate surface area is 133 Å². The van der Waals surface area contributed by atoms with E-state index in [1.807, 2.05) is 6.92 Å². The van der Waals surface area contributed by atoms with Gasteiger partial charge >= 0.3 is 0 Å². The molecule has 0 bridgehead atoms. The van der Waals surface area contributed by atoms with Crippen LogP contribution in [-0.2, 0) is 22.0 Å². The highest BCUT2D eigenvalue weighted by molar-refractivity contribution is 7.90. The van der Waals surface area contributed by atoms with Gasteiger partial charge in [-0.25, -0.2) is 8.42 Å². The van der Waals surface area contributed by atoms with Gasteiger partial charge in [0.25, 0.3) is 0 Å². The molecule has 8 heteroatoms. The lowest BCUT2D eigenvalue weighted by Gasteiger charge is -2.12. The van der Waals surface area contributed by atoms with Crippen LogP contribution >= 0.6 is 23.2 Å². The number of nitrogens with zero attached hydrogens (tertiary/aromatic N) is 2. The van der Waals surface area contributed by atoms with E-state index in [0.717, 1.165) is 0 Å². The summed E-state index contributed by atoms with van der Waals surface area (Å²) in [7, 11) is -3.49. The van der Waals surface area contributed by atoms with Crippen molar-refractivity contribution in [1.82, 2.24) is 10.2 Å². The Balaban J connectivity index is 2.23. The molecule has 2 aromatic rings. The number of sulfone groups is 1. The van der Waals surface area contributed by atoms with Crippen LogP contribution in [0.4, 0.5) is 0 Å². The van der Waals surface area contributed by atoms with Crippen LogP contribution in [0.15, 0.2) is 22.6 Å². The number of aromatic nitrogens is 2. The molecule has 0 spiro atoms. The SMILES string of the molecule is CCc1nnc(CS(=O)(=O)[C@@H](C)c2ccc(Cl)c(Cl)c2)o1. The Morgan fingerprint density at radius 1 is 1.19 bits per heavy atom. The van der Waals surface area contributed by atoms with Gasteiger partial charge in [0, 0.05) is 6.42 Å². The summed E-state index contributed by atoms with van der Waals surface area (Å²) >= 11 is 11.8. The Bertz CT molecular complexity index is 744. The van der Waals surface area contributed by atoms with Crippen LogP contribution in [0.5, 0.6) is 0 Å². The zero-order chi connectivity index (χ0) is 15.6. The summed E-state index contributed by atoms with van der Waals surface area (Å²) in [5.74, 6) is 0.211. The quantitative estimate of drug-likeness (QED) is 0.824. The molecule has 114 valence electrons. The normalized spacial score (nSPS) is 13.3. The molecular weight excluding hydrogens is 335 g/mol. The molecule has 1 atom stereocenters. The lowest BCUT2D eigenvalue weighted by atomic mass is 10.2. The second-order valence-corrected chi connectivity index (χ2v) is 7.70. The Hall–Kier alpha value is -1.11. The van der Waals surface area contributed by atoms with Gasteiger partial charge < -0.3 is 4.42 Å². The first kappa shape index (κ1) is 16.3. The molecule has 1 heterocycles. The molecule has 0 aliphatic rings. The summed E-state index contributed by atoms with van der Waals surface area (Å²) in [6, 6.07) is 4.77. The largest absolute Gasteiger partial charge is 0.424 e. The molecule has 1 aromatic heterocycles. The summed E-state index contributed by atoms with van der Waals surface area (Å²) < 4.78 is 30.0. The first-order valence-electron chi connectivity index (χ1n) is 6.31. The molecule has 2 rings (SSSR count). The maximum Gasteiger partial charge on any atom is 0.231 e. The lowest BCUT2D eigenvalue weighted by molar-refractivity contribution is 0.464.